The summed E-state index contributed by atoms with van der Waals surface area (Å²) < 4.78 is 44.6. The molecule has 0 radical (unpaired) electrons. The van der Waals surface area contributed by atoms with Crippen LogP contribution in [0.3, 0.4) is 0 Å². The van der Waals surface area contributed by atoms with Crippen molar-refractivity contribution in [3.63, 3.8) is 0 Å². The Morgan fingerprint density at radius 2 is 2.08 bits per heavy atom. The Morgan fingerprint density at radius 1 is 1.20 bits per heavy atom. The molecule has 3 nitrogen and oxygen atoms in total. The average molecular weight is 364 g/mol. The first kappa shape index (κ1) is 16.4. The maximum absolute atomic E-state index is 12.9. The van der Waals surface area contributed by atoms with Crippen LogP contribution in [0.2, 0.25) is 0 Å². The number of rotatable bonds is 2. The molecule has 7 heteroatoms. The topological polar surface area (TPSA) is 25.4 Å². The Hall–Kier alpha value is -2.12. The first-order chi connectivity index (χ1) is 12.0. The van der Waals surface area contributed by atoms with E-state index in [1.54, 1.807) is 17.5 Å². The van der Waals surface area contributed by atoms with Gasteiger partial charge in [-0.05, 0) is 40.6 Å². The molecule has 130 valence electrons. The number of pyridine rings is 1. The summed E-state index contributed by atoms with van der Waals surface area (Å²) in [7, 11) is 0. The molecule has 1 aliphatic rings. The molecule has 2 aromatic heterocycles. The van der Waals surface area contributed by atoms with Crippen molar-refractivity contribution in [1.29, 1.82) is 0 Å². The van der Waals surface area contributed by atoms with Crippen LogP contribution in [-0.4, -0.2) is 24.7 Å². The summed E-state index contributed by atoms with van der Waals surface area (Å²) in [5.41, 5.74) is 1.70. The third-order valence-electron chi connectivity index (χ3n) is 4.37. The van der Waals surface area contributed by atoms with E-state index in [2.05, 4.69) is 15.3 Å². The minimum Gasteiger partial charge on any atom is -0.370 e. The van der Waals surface area contributed by atoms with Gasteiger partial charge in [0.05, 0.1) is 17.7 Å². The molecular weight excluding hydrogens is 349 g/mol. The molecule has 0 aliphatic carbocycles. The van der Waals surface area contributed by atoms with Gasteiger partial charge in [-0.15, -0.1) is 0 Å². The maximum Gasteiger partial charge on any atom is 0.416 e. The molecule has 0 spiro atoms. The molecule has 1 fully saturated rings. The Morgan fingerprint density at radius 3 is 2.84 bits per heavy atom. The summed E-state index contributed by atoms with van der Waals surface area (Å²) in [6.07, 6.45) is -2.83. The van der Waals surface area contributed by atoms with Crippen molar-refractivity contribution in [2.75, 3.05) is 24.6 Å². The van der Waals surface area contributed by atoms with Gasteiger partial charge in [-0.1, -0.05) is 6.07 Å². The van der Waals surface area contributed by atoms with Crippen LogP contribution in [0.4, 0.5) is 18.9 Å². The predicted molar refractivity (Wildman–Crippen MR) is 92.0 cm³/mol. The summed E-state index contributed by atoms with van der Waals surface area (Å²) in [6, 6.07) is 7.63. The zero-order chi connectivity index (χ0) is 17.4. The largest absolute Gasteiger partial charge is 0.416 e. The van der Waals surface area contributed by atoms with Gasteiger partial charge in [0.1, 0.15) is 6.10 Å². The van der Waals surface area contributed by atoms with Crippen molar-refractivity contribution in [2.24, 2.45) is 0 Å². The second-order valence-corrected chi connectivity index (χ2v) is 6.70. The molecule has 3 heterocycles. The summed E-state index contributed by atoms with van der Waals surface area (Å²) in [5, 5.41) is 4.80. The second-order valence-electron chi connectivity index (χ2n) is 5.92. The van der Waals surface area contributed by atoms with Crippen LogP contribution in [-0.2, 0) is 10.9 Å². The zero-order valence-electron chi connectivity index (χ0n) is 13.2. The van der Waals surface area contributed by atoms with Gasteiger partial charge in [-0.25, -0.2) is 0 Å². The van der Waals surface area contributed by atoms with E-state index in [0.29, 0.717) is 25.2 Å². The number of anilines is 1. The average Bonchev–Trinajstić information content (AvgIpc) is 3.15. The summed E-state index contributed by atoms with van der Waals surface area (Å²) in [5.74, 6) is 0. The quantitative estimate of drug-likeness (QED) is 0.647. The van der Waals surface area contributed by atoms with Gasteiger partial charge in [0.25, 0.3) is 0 Å². The van der Waals surface area contributed by atoms with Gasteiger partial charge in [-0.2, -0.15) is 24.5 Å². The smallest absolute Gasteiger partial charge is 0.370 e. The number of aromatic nitrogens is 1. The van der Waals surface area contributed by atoms with E-state index in [-0.39, 0.29) is 6.10 Å². The molecule has 1 saturated heterocycles. The van der Waals surface area contributed by atoms with E-state index < -0.39 is 11.7 Å². The van der Waals surface area contributed by atoms with Crippen molar-refractivity contribution in [3.8, 4) is 0 Å². The van der Waals surface area contributed by atoms with Gasteiger partial charge < -0.3 is 9.64 Å². The fraction of sp³-hybridized carbons (Fsp3) is 0.278. The number of nitrogens with zero attached hydrogens (tertiary/aromatic N) is 2. The van der Waals surface area contributed by atoms with Crippen molar-refractivity contribution >= 4 is 27.9 Å². The minimum absolute atomic E-state index is 0.0299. The van der Waals surface area contributed by atoms with Crippen molar-refractivity contribution < 1.29 is 17.9 Å². The number of alkyl halides is 3. The first-order valence-corrected chi connectivity index (χ1v) is 8.81. The molecule has 1 aromatic carbocycles. The predicted octanol–water partition coefficient (Wildman–Crippen LogP) is 4.89. The summed E-state index contributed by atoms with van der Waals surface area (Å²) >= 11 is 1.62. The summed E-state index contributed by atoms with van der Waals surface area (Å²) in [4.78, 5) is 6.28. The molecule has 0 amide bonds. The van der Waals surface area contributed by atoms with Gasteiger partial charge in [-0.3, -0.25) is 4.98 Å². The third kappa shape index (κ3) is 3.21. The minimum atomic E-state index is -4.37. The third-order valence-corrected chi connectivity index (χ3v) is 5.07. The molecular formula is C18H15F3N2OS. The normalized spacial score (nSPS) is 18.7. The highest BCUT2D eigenvalue weighted by Crippen LogP contribution is 2.35. The molecule has 0 N–H and O–H groups in total. The summed E-state index contributed by atoms with van der Waals surface area (Å²) in [6.45, 7) is 1.93. The number of thiophene rings is 1. The Bertz CT molecular complexity index is 880. The lowest BCUT2D eigenvalue weighted by atomic mass is 10.1. The van der Waals surface area contributed by atoms with Crippen molar-refractivity contribution in [2.45, 2.75) is 12.3 Å². The molecule has 1 unspecified atom stereocenters. The Kier molecular flexibility index (Phi) is 4.13. The number of hydrogen-bond acceptors (Lipinski definition) is 4. The molecule has 4 rings (SSSR count). The molecule has 1 atom stereocenters. The highest BCUT2D eigenvalue weighted by Gasteiger charge is 2.31. The van der Waals surface area contributed by atoms with E-state index in [9.17, 15) is 13.2 Å². The number of ether oxygens (including phenoxy) is 1. The molecule has 3 aromatic rings. The fourth-order valence-electron chi connectivity index (χ4n) is 3.11. The van der Waals surface area contributed by atoms with Gasteiger partial charge >= 0.3 is 6.18 Å². The van der Waals surface area contributed by atoms with Crippen molar-refractivity contribution in [3.05, 3.63) is 58.4 Å². The zero-order valence-corrected chi connectivity index (χ0v) is 14.0. The highest BCUT2D eigenvalue weighted by molar-refractivity contribution is 7.07. The second kappa shape index (κ2) is 6.31. The lowest BCUT2D eigenvalue weighted by Gasteiger charge is -2.35. The van der Waals surface area contributed by atoms with E-state index >= 15 is 0 Å². The van der Waals surface area contributed by atoms with Crippen molar-refractivity contribution in [1.82, 2.24) is 4.98 Å². The molecule has 25 heavy (non-hydrogen) atoms. The number of benzene rings is 1. The number of fused-ring (bicyclic) bond motifs is 1. The monoisotopic (exact) mass is 364 g/mol. The SMILES string of the molecule is FC(F)(F)c1ccc2c(N3CCOC(c4ccsc4)C3)ccnc2c1. The van der Waals surface area contributed by atoms with Crippen LogP contribution in [0.5, 0.6) is 0 Å². The van der Waals surface area contributed by atoms with Crippen LogP contribution in [0, 0.1) is 0 Å². The van der Waals surface area contributed by atoms with E-state index in [1.165, 1.54) is 6.07 Å². The van der Waals surface area contributed by atoms with Crippen LogP contribution >= 0.6 is 11.3 Å². The molecule has 0 saturated carbocycles. The maximum atomic E-state index is 12.9. The number of hydrogen-bond donors (Lipinski definition) is 0. The standard InChI is InChI=1S/C18H15F3N2OS/c19-18(20,21)13-1-2-14-15(9-13)22-5-3-16(14)23-6-7-24-17(10-23)12-4-8-25-11-12/h1-5,8-9,11,17H,6-7,10H2. The van der Waals surface area contributed by atoms with Gasteiger partial charge in [0.15, 0.2) is 0 Å². The van der Waals surface area contributed by atoms with Crippen LogP contribution < -0.4 is 4.90 Å². The van der Waals surface area contributed by atoms with E-state index in [4.69, 9.17) is 4.74 Å². The highest BCUT2D eigenvalue weighted by atomic mass is 32.1. The fourth-order valence-corrected chi connectivity index (χ4v) is 3.81. The van der Waals surface area contributed by atoms with Gasteiger partial charge in [0, 0.05) is 30.4 Å². The van der Waals surface area contributed by atoms with E-state index in [0.717, 1.165) is 28.8 Å². The lowest BCUT2D eigenvalue weighted by Crippen LogP contribution is -2.38. The molecule has 0 bridgehead atoms. The first-order valence-electron chi connectivity index (χ1n) is 7.87. The Labute approximate surface area is 146 Å². The van der Waals surface area contributed by atoms with E-state index in [1.807, 2.05) is 17.5 Å². The number of halogens is 3. The molecule has 1 aliphatic heterocycles. The van der Waals surface area contributed by atoms with Crippen LogP contribution in [0.1, 0.15) is 17.2 Å². The van der Waals surface area contributed by atoms with Crippen LogP contribution in [0.25, 0.3) is 10.9 Å². The van der Waals surface area contributed by atoms with Crippen LogP contribution in [0.15, 0.2) is 47.3 Å². The Balaban J connectivity index is 1.69. The number of morpholine rings is 1. The van der Waals surface area contributed by atoms with Gasteiger partial charge in [0.2, 0.25) is 0 Å². The lowest BCUT2D eigenvalue weighted by molar-refractivity contribution is -0.137.